The van der Waals surface area contributed by atoms with Gasteiger partial charge in [-0.05, 0) is 39.3 Å². The molecule has 0 aromatic heterocycles. The summed E-state index contributed by atoms with van der Waals surface area (Å²) < 4.78 is 0. The molecule has 11 heavy (non-hydrogen) atoms. The molecule has 66 valence electrons. The summed E-state index contributed by atoms with van der Waals surface area (Å²) in [7, 11) is 0. The summed E-state index contributed by atoms with van der Waals surface area (Å²) in [5.74, 6) is 0. The van der Waals surface area contributed by atoms with Crippen molar-refractivity contribution in [2.24, 2.45) is 0 Å². The van der Waals surface area contributed by atoms with Crippen LogP contribution in [-0.4, -0.2) is 23.5 Å². The lowest BCUT2D eigenvalue weighted by molar-refractivity contribution is 0.152. The third kappa shape index (κ3) is 1.76. The van der Waals surface area contributed by atoms with Gasteiger partial charge in [0, 0.05) is 5.54 Å². The monoisotopic (exact) mass is 155 g/mol. The average molecular weight is 155 g/mol. The van der Waals surface area contributed by atoms with Gasteiger partial charge in [-0.2, -0.15) is 0 Å². The average Bonchev–Trinajstić information content (AvgIpc) is 2.31. The molecule has 0 aliphatic carbocycles. The van der Waals surface area contributed by atoms with Crippen molar-refractivity contribution in [2.75, 3.05) is 13.1 Å². The first-order chi connectivity index (χ1) is 5.23. The molecule has 1 saturated heterocycles. The van der Waals surface area contributed by atoms with Gasteiger partial charge < -0.3 is 0 Å². The van der Waals surface area contributed by atoms with Crippen molar-refractivity contribution in [3.05, 3.63) is 0 Å². The van der Waals surface area contributed by atoms with Crippen LogP contribution in [0.25, 0.3) is 0 Å². The first-order valence-electron chi connectivity index (χ1n) is 4.98. The summed E-state index contributed by atoms with van der Waals surface area (Å²) in [6, 6.07) is 0. The number of likely N-dealkylation sites (tertiary alicyclic amines) is 1. The molecule has 1 nitrogen and oxygen atoms in total. The molecule has 0 bridgehead atoms. The molecular formula is C10H21N. The highest BCUT2D eigenvalue weighted by Crippen LogP contribution is 2.32. The van der Waals surface area contributed by atoms with Crippen molar-refractivity contribution in [1.29, 1.82) is 0 Å². The van der Waals surface area contributed by atoms with Gasteiger partial charge in [-0.15, -0.1) is 0 Å². The minimum absolute atomic E-state index is 0.545. The lowest BCUT2D eigenvalue weighted by Crippen LogP contribution is -2.40. The van der Waals surface area contributed by atoms with E-state index in [1.165, 1.54) is 38.8 Å². The zero-order valence-electron chi connectivity index (χ0n) is 8.19. The van der Waals surface area contributed by atoms with Crippen LogP contribution in [0.15, 0.2) is 0 Å². The summed E-state index contributed by atoms with van der Waals surface area (Å²) in [5, 5.41) is 0. The van der Waals surface area contributed by atoms with E-state index < -0.39 is 0 Å². The minimum atomic E-state index is 0.545. The maximum atomic E-state index is 2.64. The van der Waals surface area contributed by atoms with E-state index in [0.717, 1.165) is 0 Å². The normalized spacial score (nSPS) is 33.0. The Morgan fingerprint density at radius 3 is 2.64 bits per heavy atom. The Balaban J connectivity index is 2.51. The Kier molecular flexibility index (Phi) is 2.94. The molecule has 1 aliphatic rings. The summed E-state index contributed by atoms with van der Waals surface area (Å²) >= 11 is 0. The molecule has 0 radical (unpaired) electrons. The van der Waals surface area contributed by atoms with Gasteiger partial charge in [0.2, 0.25) is 0 Å². The zero-order valence-corrected chi connectivity index (χ0v) is 8.19. The fraction of sp³-hybridized carbons (Fsp3) is 1.00. The fourth-order valence-electron chi connectivity index (χ4n) is 2.44. The van der Waals surface area contributed by atoms with Crippen LogP contribution in [0.1, 0.15) is 46.5 Å². The molecule has 0 amide bonds. The van der Waals surface area contributed by atoms with Gasteiger partial charge >= 0.3 is 0 Å². The molecule has 1 heteroatoms. The van der Waals surface area contributed by atoms with E-state index in [4.69, 9.17) is 0 Å². The first kappa shape index (κ1) is 9.05. The SMILES string of the molecule is CCCC1(C)CCCN1CC. The predicted molar refractivity (Wildman–Crippen MR) is 49.8 cm³/mol. The lowest BCUT2D eigenvalue weighted by atomic mass is 9.93. The number of hydrogen-bond acceptors (Lipinski definition) is 1. The quantitative estimate of drug-likeness (QED) is 0.605. The van der Waals surface area contributed by atoms with Crippen molar-refractivity contribution in [3.8, 4) is 0 Å². The smallest absolute Gasteiger partial charge is 0.0181 e. The van der Waals surface area contributed by atoms with Gasteiger partial charge in [0.1, 0.15) is 0 Å². The topological polar surface area (TPSA) is 3.24 Å². The molecule has 0 aromatic carbocycles. The maximum absolute atomic E-state index is 2.64. The molecule has 1 heterocycles. The van der Waals surface area contributed by atoms with E-state index in [9.17, 15) is 0 Å². The van der Waals surface area contributed by atoms with Gasteiger partial charge in [-0.3, -0.25) is 4.90 Å². The van der Waals surface area contributed by atoms with Gasteiger partial charge in [0.25, 0.3) is 0 Å². The zero-order chi connectivity index (χ0) is 8.32. The molecule has 1 unspecified atom stereocenters. The number of hydrogen-bond donors (Lipinski definition) is 0. The van der Waals surface area contributed by atoms with Gasteiger partial charge in [-0.25, -0.2) is 0 Å². The van der Waals surface area contributed by atoms with Crippen molar-refractivity contribution in [2.45, 2.75) is 52.0 Å². The van der Waals surface area contributed by atoms with Crippen LogP contribution in [-0.2, 0) is 0 Å². The Morgan fingerprint density at radius 1 is 1.36 bits per heavy atom. The summed E-state index contributed by atoms with van der Waals surface area (Å²) in [6.45, 7) is 9.55. The highest BCUT2D eigenvalue weighted by atomic mass is 15.2. The van der Waals surface area contributed by atoms with E-state index in [0.29, 0.717) is 5.54 Å². The predicted octanol–water partition coefficient (Wildman–Crippen LogP) is 2.66. The van der Waals surface area contributed by atoms with E-state index >= 15 is 0 Å². The van der Waals surface area contributed by atoms with Gasteiger partial charge in [0.15, 0.2) is 0 Å². The largest absolute Gasteiger partial charge is 0.298 e. The Morgan fingerprint density at radius 2 is 2.09 bits per heavy atom. The first-order valence-corrected chi connectivity index (χ1v) is 4.98. The summed E-state index contributed by atoms with van der Waals surface area (Å²) in [5.41, 5.74) is 0.545. The highest BCUT2D eigenvalue weighted by Gasteiger charge is 2.33. The second-order valence-corrected chi connectivity index (χ2v) is 3.93. The van der Waals surface area contributed by atoms with Crippen LogP contribution >= 0.6 is 0 Å². The molecule has 1 atom stereocenters. The second kappa shape index (κ2) is 3.57. The van der Waals surface area contributed by atoms with Crippen LogP contribution in [0, 0.1) is 0 Å². The van der Waals surface area contributed by atoms with Crippen LogP contribution in [0.4, 0.5) is 0 Å². The van der Waals surface area contributed by atoms with Crippen molar-refractivity contribution in [3.63, 3.8) is 0 Å². The fourth-order valence-corrected chi connectivity index (χ4v) is 2.44. The van der Waals surface area contributed by atoms with E-state index in [1.54, 1.807) is 0 Å². The standard InChI is InChI=1S/C10H21N/c1-4-7-10(3)8-6-9-11(10)5-2/h4-9H2,1-3H3. The molecular weight excluding hydrogens is 134 g/mol. The molecule has 0 N–H and O–H groups in total. The van der Waals surface area contributed by atoms with E-state index in [2.05, 4.69) is 25.7 Å². The second-order valence-electron chi connectivity index (χ2n) is 3.93. The highest BCUT2D eigenvalue weighted by molar-refractivity contribution is 4.90. The van der Waals surface area contributed by atoms with Crippen molar-refractivity contribution >= 4 is 0 Å². The molecule has 0 saturated carbocycles. The minimum Gasteiger partial charge on any atom is -0.298 e. The molecule has 0 spiro atoms. The van der Waals surface area contributed by atoms with Crippen LogP contribution in [0.3, 0.4) is 0 Å². The molecule has 1 rings (SSSR count). The third-order valence-electron chi connectivity index (χ3n) is 3.08. The van der Waals surface area contributed by atoms with Crippen LogP contribution in [0.5, 0.6) is 0 Å². The Hall–Kier alpha value is -0.0400. The van der Waals surface area contributed by atoms with Crippen molar-refractivity contribution in [1.82, 2.24) is 4.90 Å². The lowest BCUT2D eigenvalue weighted by Gasteiger charge is -2.34. The molecule has 1 aliphatic heterocycles. The third-order valence-corrected chi connectivity index (χ3v) is 3.08. The van der Waals surface area contributed by atoms with Crippen LogP contribution < -0.4 is 0 Å². The summed E-state index contributed by atoms with van der Waals surface area (Å²) in [4.78, 5) is 2.64. The number of nitrogens with zero attached hydrogens (tertiary/aromatic N) is 1. The number of rotatable bonds is 3. The molecule has 1 fully saturated rings. The summed E-state index contributed by atoms with van der Waals surface area (Å²) in [6.07, 6.45) is 5.52. The van der Waals surface area contributed by atoms with Gasteiger partial charge in [0.05, 0.1) is 0 Å². The van der Waals surface area contributed by atoms with Crippen molar-refractivity contribution < 1.29 is 0 Å². The van der Waals surface area contributed by atoms with E-state index in [-0.39, 0.29) is 0 Å². The Bertz CT molecular complexity index is 122. The molecule has 0 aromatic rings. The van der Waals surface area contributed by atoms with E-state index in [1.807, 2.05) is 0 Å². The maximum Gasteiger partial charge on any atom is 0.0181 e. The Labute approximate surface area is 70.8 Å². The van der Waals surface area contributed by atoms with Crippen LogP contribution in [0.2, 0.25) is 0 Å². The van der Waals surface area contributed by atoms with Gasteiger partial charge in [-0.1, -0.05) is 20.3 Å².